The normalized spacial score (nSPS) is 26.2. The molecule has 2 aliphatic carbocycles. The van der Waals surface area contributed by atoms with Crippen molar-refractivity contribution >= 4 is 0 Å². The van der Waals surface area contributed by atoms with Crippen molar-refractivity contribution in [1.29, 1.82) is 0 Å². The molecule has 150 valence electrons. The fraction of sp³-hybridized carbons (Fsp3) is 1.00. The largest absolute Gasteiger partial charge is 1.00 e. The van der Waals surface area contributed by atoms with Gasteiger partial charge in [-0.25, -0.2) is 0 Å². The second kappa shape index (κ2) is 17.4. The lowest BCUT2D eigenvalue weighted by Crippen LogP contribution is -3.00. The van der Waals surface area contributed by atoms with Crippen molar-refractivity contribution in [2.45, 2.75) is 32.6 Å². The van der Waals surface area contributed by atoms with Gasteiger partial charge in [-0.2, -0.15) is 0 Å². The maximum Gasteiger partial charge on any atom is 0.0789 e. The number of rotatable bonds is 13. The van der Waals surface area contributed by atoms with Gasteiger partial charge in [-0.15, -0.1) is 0 Å². The van der Waals surface area contributed by atoms with Crippen LogP contribution in [0.5, 0.6) is 0 Å². The molecular weight excluding hydrogens is 390 g/mol. The molecule has 0 saturated heterocycles. The highest BCUT2D eigenvalue weighted by molar-refractivity contribution is 4.84. The summed E-state index contributed by atoms with van der Waals surface area (Å²) in [6, 6.07) is 0. The van der Waals surface area contributed by atoms with E-state index in [0.717, 1.165) is 30.2 Å². The summed E-state index contributed by atoms with van der Waals surface area (Å²) < 4.78 is 0. The third kappa shape index (κ3) is 12.4. The molecule has 2 saturated carbocycles. The van der Waals surface area contributed by atoms with E-state index in [1.165, 1.54) is 65.0 Å². The van der Waals surface area contributed by atoms with Crippen molar-refractivity contribution < 1.29 is 71.3 Å². The maximum absolute atomic E-state index is 4.00. The fourth-order valence-corrected chi connectivity index (χ4v) is 3.46. The van der Waals surface area contributed by atoms with Crippen LogP contribution in [0.2, 0.25) is 0 Å². The van der Waals surface area contributed by atoms with Crippen LogP contribution in [0.15, 0.2) is 0 Å². The highest BCUT2D eigenvalue weighted by atomic mass is 35.5. The van der Waals surface area contributed by atoms with E-state index in [4.69, 9.17) is 0 Å². The summed E-state index contributed by atoms with van der Waals surface area (Å²) in [7, 11) is 0. The molecule has 24 heavy (non-hydrogen) atoms. The van der Waals surface area contributed by atoms with E-state index in [2.05, 4.69) is 28.6 Å². The van der Waals surface area contributed by atoms with Crippen molar-refractivity contribution in [3.63, 3.8) is 0 Å². The van der Waals surface area contributed by atoms with E-state index in [-0.39, 0.29) is 49.6 Å². The van der Waals surface area contributed by atoms with Gasteiger partial charge in [-0.1, -0.05) is 0 Å². The van der Waals surface area contributed by atoms with E-state index in [1.807, 2.05) is 0 Å². The molecule has 0 heterocycles. The lowest BCUT2D eigenvalue weighted by atomic mass is 10.2. The van der Waals surface area contributed by atoms with Crippen molar-refractivity contribution in [3.8, 4) is 0 Å². The van der Waals surface area contributed by atoms with Gasteiger partial charge in [0.1, 0.15) is 0 Å². The number of hydrogen-bond acceptors (Lipinski definition) is 0. The Labute approximate surface area is 173 Å². The highest BCUT2D eigenvalue weighted by Gasteiger charge is 2.39. The monoisotopic (exact) mass is 426 g/mol. The molecule has 4 nitrogen and oxygen atoms in total. The number of hydrogen-bond donors (Lipinski definition) is 4. The van der Waals surface area contributed by atoms with Crippen LogP contribution >= 0.6 is 0 Å². The molecule has 0 amide bonds. The summed E-state index contributed by atoms with van der Waals surface area (Å²) in [5, 5.41) is 7.56. The standard InChI is InChI=1S/C16H34N4.4ClH/c1-2-18-10-15-8-16(15)12-20-6-4-3-5-19-11-14-7-13(14)9-17;;;;/h13-16,18-20H,2-12,17H2,1H3;4*1H/t13-,14-,15+,16+;;;;/m0..../s1. The summed E-state index contributed by atoms with van der Waals surface area (Å²) >= 11 is 0. The van der Waals surface area contributed by atoms with Crippen LogP contribution < -0.4 is 71.3 Å². The van der Waals surface area contributed by atoms with Gasteiger partial charge in [-0.3, -0.25) is 0 Å². The van der Waals surface area contributed by atoms with Gasteiger partial charge >= 0.3 is 0 Å². The Hall–Kier alpha value is 1.00. The smallest absolute Gasteiger partial charge is 0.0789 e. The first-order chi connectivity index (χ1) is 9.85. The Morgan fingerprint density at radius 2 is 1.12 bits per heavy atom. The summed E-state index contributed by atoms with van der Waals surface area (Å²) in [5.41, 5.74) is 4.00. The average molecular weight is 428 g/mol. The van der Waals surface area contributed by atoms with Gasteiger partial charge in [-0.05, 0) is 19.8 Å². The van der Waals surface area contributed by atoms with E-state index in [0.29, 0.717) is 0 Å². The molecule has 2 aliphatic rings. The molecule has 0 spiro atoms. The van der Waals surface area contributed by atoms with Gasteiger partial charge in [0.25, 0.3) is 0 Å². The molecule has 0 unspecified atom stereocenters. The molecule has 2 fully saturated rings. The summed E-state index contributed by atoms with van der Waals surface area (Å²) in [5.74, 6) is 4.06. The van der Waals surface area contributed by atoms with Crippen LogP contribution in [0.3, 0.4) is 0 Å². The predicted molar refractivity (Wildman–Crippen MR) is 80.8 cm³/mol. The van der Waals surface area contributed by atoms with E-state index in [1.54, 1.807) is 0 Å². The quantitative estimate of drug-likeness (QED) is 0.211. The second-order valence-corrected chi connectivity index (χ2v) is 7.07. The zero-order valence-electron chi connectivity index (χ0n) is 15.0. The molecule has 0 aromatic rings. The van der Waals surface area contributed by atoms with Gasteiger partial charge in [0.05, 0.1) is 45.8 Å². The SMILES string of the molecule is CC[NH2+]C[C@H]1C[C@@H]1C[NH2+]CCCC[NH2+]C[C@@H]1C[C@H]1C[NH3+].[Cl-].[Cl-].[Cl-].[Cl-]. The molecule has 0 radical (unpaired) electrons. The Morgan fingerprint density at radius 1 is 0.708 bits per heavy atom. The first-order valence-electron chi connectivity index (χ1n) is 9.09. The maximum atomic E-state index is 4.00. The van der Waals surface area contributed by atoms with Crippen LogP contribution in [-0.2, 0) is 0 Å². The lowest BCUT2D eigenvalue weighted by molar-refractivity contribution is -0.670. The molecule has 0 bridgehead atoms. The molecule has 9 N–H and O–H groups in total. The van der Waals surface area contributed by atoms with Crippen molar-refractivity contribution in [1.82, 2.24) is 0 Å². The molecule has 4 atom stereocenters. The minimum atomic E-state index is 0. The average Bonchev–Trinajstić information content (AvgIpc) is 3.35. The van der Waals surface area contributed by atoms with E-state index >= 15 is 0 Å². The molecular formula is C16H38Cl4N4. The molecule has 0 aliphatic heterocycles. The molecule has 0 aromatic heterocycles. The zero-order valence-corrected chi connectivity index (χ0v) is 18.1. The summed E-state index contributed by atoms with van der Waals surface area (Å²) in [6.07, 6.45) is 5.75. The third-order valence-corrected chi connectivity index (χ3v) is 5.27. The number of unbranched alkanes of at least 4 members (excludes halogenated alkanes) is 1. The van der Waals surface area contributed by atoms with Gasteiger partial charge in [0.2, 0.25) is 0 Å². The Balaban J connectivity index is -0.00000110. The number of nitrogens with two attached hydrogens (primary N) is 3. The fourth-order valence-electron chi connectivity index (χ4n) is 3.46. The Morgan fingerprint density at radius 3 is 1.54 bits per heavy atom. The molecule has 0 aromatic carbocycles. The van der Waals surface area contributed by atoms with E-state index in [9.17, 15) is 0 Å². The van der Waals surface area contributed by atoms with Crippen LogP contribution in [0.4, 0.5) is 0 Å². The van der Waals surface area contributed by atoms with Crippen LogP contribution in [-0.4, -0.2) is 45.8 Å². The van der Waals surface area contributed by atoms with Crippen molar-refractivity contribution in [2.75, 3.05) is 45.8 Å². The minimum Gasteiger partial charge on any atom is -1.00 e. The predicted octanol–water partition coefficient (Wildman–Crippen LogP) is -15.0. The molecule has 8 heteroatoms. The Kier molecular flexibility index (Phi) is 21.6. The van der Waals surface area contributed by atoms with Crippen molar-refractivity contribution in [2.24, 2.45) is 23.7 Å². The summed E-state index contributed by atoms with van der Waals surface area (Å²) in [6.45, 7) is 11.5. The van der Waals surface area contributed by atoms with Crippen LogP contribution in [0, 0.1) is 23.7 Å². The van der Waals surface area contributed by atoms with Gasteiger partial charge in [0, 0.05) is 36.5 Å². The van der Waals surface area contributed by atoms with Gasteiger partial charge < -0.3 is 71.3 Å². The lowest BCUT2D eigenvalue weighted by Gasteiger charge is -2.02. The van der Waals surface area contributed by atoms with Crippen molar-refractivity contribution in [3.05, 3.63) is 0 Å². The zero-order chi connectivity index (χ0) is 14.2. The third-order valence-electron chi connectivity index (χ3n) is 5.27. The van der Waals surface area contributed by atoms with Crippen LogP contribution in [0.25, 0.3) is 0 Å². The Bertz CT molecular complexity index is 274. The number of quaternary nitrogens is 4. The van der Waals surface area contributed by atoms with Gasteiger partial charge in [0.15, 0.2) is 0 Å². The topological polar surface area (TPSA) is 77.5 Å². The molecule has 2 rings (SSSR count). The first kappa shape index (κ1) is 29.8. The second-order valence-electron chi connectivity index (χ2n) is 7.07. The van der Waals surface area contributed by atoms with Crippen LogP contribution in [0.1, 0.15) is 32.6 Å². The first-order valence-corrected chi connectivity index (χ1v) is 9.09. The highest BCUT2D eigenvalue weighted by Crippen LogP contribution is 2.35. The number of halogens is 4. The van der Waals surface area contributed by atoms with E-state index < -0.39 is 0 Å². The summed E-state index contributed by atoms with van der Waals surface area (Å²) in [4.78, 5) is 0. The minimum absolute atomic E-state index is 0.